The molecule has 2 amide bonds. The van der Waals surface area contributed by atoms with Crippen molar-refractivity contribution in [2.75, 3.05) is 18.4 Å². The summed E-state index contributed by atoms with van der Waals surface area (Å²) >= 11 is 0. The first kappa shape index (κ1) is 10.9. The highest BCUT2D eigenvalue weighted by Crippen LogP contribution is 2.05. The standard InChI is InChI=1S/C11H15N3O2/c15-11(13-9-4-2-1-3-5-9)14-16-10-6-7-12-8-10/h1-5,10,12H,6-8H2,(H2,13,14,15). The smallest absolute Gasteiger partial charge is 0.314 e. The molecule has 3 N–H and O–H groups in total. The van der Waals surface area contributed by atoms with Crippen LogP contribution in [0.5, 0.6) is 0 Å². The number of hydrogen-bond acceptors (Lipinski definition) is 3. The second-order valence-electron chi connectivity index (χ2n) is 3.65. The topological polar surface area (TPSA) is 62.4 Å². The Labute approximate surface area is 94.1 Å². The zero-order valence-electron chi connectivity index (χ0n) is 8.90. The monoisotopic (exact) mass is 221 g/mol. The second-order valence-corrected chi connectivity index (χ2v) is 3.65. The number of anilines is 1. The van der Waals surface area contributed by atoms with Crippen LogP contribution in [-0.2, 0) is 4.84 Å². The van der Waals surface area contributed by atoms with Crippen molar-refractivity contribution in [2.45, 2.75) is 12.5 Å². The van der Waals surface area contributed by atoms with Gasteiger partial charge in [-0.05, 0) is 25.1 Å². The van der Waals surface area contributed by atoms with Crippen LogP contribution in [0.1, 0.15) is 6.42 Å². The molecular formula is C11H15N3O2. The van der Waals surface area contributed by atoms with E-state index in [1.807, 2.05) is 30.3 Å². The molecule has 1 aromatic carbocycles. The summed E-state index contributed by atoms with van der Waals surface area (Å²) in [7, 11) is 0. The van der Waals surface area contributed by atoms with E-state index >= 15 is 0 Å². The Kier molecular flexibility index (Phi) is 3.74. The molecule has 2 rings (SSSR count). The maximum absolute atomic E-state index is 11.4. The third-order valence-corrected chi connectivity index (χ3v) is 2.37. The Morgan fingerprint density at radius 3 is 2.88 bits per heavy atom. The van der Waals surface area contributed by atoms with Gasteiger partial charge in [-0.2, -0.15) is 0 Å². The molecule has 1 atom stereocenters. The summed E-state index contributed by atoms with van der Waals surface area (Å²) in [4.78, 5) is 16.6. The summed E-state index contributed by atoms with van der Waals surface area (Å²) in [6, 6.07) is 8.89. The summed E-state index contributed by atoms with van der Waals surface area (Å²) in [5, 5.41) is 5.82. The summed E-state index contributed by atoms with van der Waals surface area (Å²) in [6.45, 7) is 1.72. The molecular weight excluding hydrogens is 206 g/mol. The Balaban J connectivity index is 1.72. The van der Waals surface area contributed by atoms with Crippen molar-refractivity contribution in [3.8, 4) is 0 Å². The van der Waals surface area contributed by atoms with Crippen molar-refractivity contribution in [1.82, 2.24) is 10.8 Å². The molecule has 5 heteroatoms. The van der Waals surface area contributed by atoms with Gasteiger partial charge in [-0.25, -0.2) is 10.3 Å². The average molecular weight is 221 g/mol. The summed E-state index contributed by atoms with van der Waals surface area (Å²) in [5.41, 5.74) is 3.13. The zero-order valence-corrected chi connectivity index (χ0v) is 8.90. The first-order valence-electron chi connectivity index (χ1n) is 5.33. The molecule has 0 aromatic heterocycles. The Hall–Kier alpha value is -1.59. The Morgan fingerprint density at radius 2 is 2.19 bits per heavy atom. The van der Waals surface area contributed by atoms with E-state index < -0.39 is 0 Å². The molecule has 1 aromatic rings. The largest absolute Gasteiger partial charge is 0.343 e. The lowest BCUT2D eigenvalue weighted by molar-refractivity contribution is 0.0105. The predicted octanol–water partition coefficient (Wildman–Crippen LogP) is 1.10. The van der Waals surface area contributed by atoms with Crippen molar-refractivity contribution >= 4 is 11.7 Å². The van der Waals surface area contributed by atoms with Gasteiger partial charge in [0.2, 0.25) is 0 Å². The zero-order chi connectivity index (χ0) is 11.2. The first-order valence-corrected chi connectivity index (χ1v) is 5.33. The van der Waals surface area contributed by atoms with Crippen molar-refractivity contribution < 1.29 is 9.63 Å². The average Bonchev–Trinajstić information content (AvgIpc) is 2.81. The quantitative estimate of drug-likeness (QED) is 0.670. The van der Waals surface area contributed by atoms with Crippen LogP contribution >= 0.6 is 0 Å². The fourth-order valence-corrected chi connectivity index (χ4v) is 1.54. The van der Waals surface area contributed by atoms with Gasteiger partial charge in [-0.3, -0.25) is 4.84 Å². The third-order valence-electron chi connectivity index (χ3n) is 2.37. The lowest BCUT2D eigenvalue weighted by Crippen LogP contribution is -2.33. The van der Waals surface area contributed by atoms with Gasteiger partial charge >= 0.3 is 6.03 Å². The lowest BCUT2D eigenvalue weighted by Gasteiger charge is -2.11. The van der Waals surface area contributed by atoms with Gasteiger partial charge in [-0.1, -0.05) is 18.2 Å². The highest BCUT2D eigenvalue weighted by Gasteiger charge is 2.16. The number of amides is 2. The van der Waals surface area contributed by atoms with Crippen LogP contribution in [0.2, 0.25) is 0 Å². The van der Waals surface area contributed by atoms with Crippen LogP contribution in [0.15, 0.2) is 30.3 Å². The number of rotatable bonds is 3. The van der Waals surface area contributed by atoms with Crippen LogP contribution in [0.4, 0.5) is 10.5 Å². The first-order chi connectivity index (χ1) is 7.84. The molecule has 1 aliphatic heterocycles. The lowest BCUT2D eigenvalue weighted by atomic mass is 10.3. The van der Waals surface area contributed by atoms with Crippen LogP contribution < -0.4 is 16.1 Å². The van der Waals surface area contributed by atoms with Gasteiger partial charge in [0, 0.05) is 12.2 Å². The number of hydroxylamine groups is 1. The van der Waals surface area contributed by atoms with Crippen molar-refractivity contribution in [2.24, 2.45) is 0 Å². The molecule has 1 fully saturated rings. The van der Waals surface area contributed by atoms with E-state index in [1.165, 1.54) is 0 Å². The van der Waals surface area contributed by atoms with Gasteiger partial charge in [0.05, 0.1) is 6.10 Å². The van der Waals surface area contributed by atoms with E-state index in [9.17, 15) is 4.79 Å². The van der Waals surface area contributed by atoms with Crippen molar-refractivity contribution in [1.29, 1.82) is 0 Å². The fourth-order valence-electron chi connectivity index (χ4n) is 1.54. The van der Waals surface area contributed by atoms with Gasteiger partial charge < -0.3 is 10.6 Å². The number of urea groups is 1. The molecule has 0 radical (unpaired) electrons. The van der Waals surface area contributed by atoms with Crippen molar-refractivity contribution in [3.05, 3.63) is 30.3 Å². The maximum Gasteiger partial charge on any atom is 0.343 e. The van der Waals surface area contributed by atoms with Crippen LogP contribution in [-0.4, -0.2) is 25.2 Å². The molecule has 86 valence electrons. The van der Waals surface area contributed by atoms with Crippen LogP contribution in [0.3, 0.4) is 0 Å². The van der Waals surface area contributed by atoms with Gasteiger partial charge in [0.25, 0.3) is 0 Å². The van der Waals surface area contributed by atoms with E-state index in [2.05, 4.69) is 16.1 Å². The molecule has 0 aliphatic carbocycles. The molecule has 16 heavy (non-hydrogen) atoms. The number of nitrogens with one attached hydrogen (secondary N) is 3. The Morgan fingerprint density at radius 1 is 1.38 bits per heavy atom. The van der Waals surface area contributed by atoms with Gasteiger partial charge in [0.15, 0.2) is 0 Å². The molecule has 0 saturated carbocycles. The summed E-state index contributed by atoms with van der Waals surface area (Å²) < 4.78 is 0. The van der Waals surface area contributed by atoms with E-state index in [4.69, 9.17) is 4.84 Å². The predicted molar refractivity (Wildman–Crippen MR) is 61.0 cm³/mol. The highest BCUT2D eigenvalue weighted by molar-refractivity contribution is 5.88. The van der Waals surface area contributed by atoms with E-state index in [1.54, 1.807) is 0 Å². The minimum atomic E-state index is -0.349. The Bertz CT molecular complexity index is 336. The fraction of sp³-hybridized carbons (Fsp3) is 0.364. The van der Waals surface area contributed by atoms with E-state index in [0.717, 1.165) is 25.2 Å². The van der Waals surface area contributed by atoms with Crippen molar-refractivity contribution in [3.63, 3.8) is 0 Å². The minimum absolute atomic E-state index is 0.0709. The molecule has 0 bridgehead atoms. The summed E-state index contributed by atoms with van der Waals surface area (Å²) in [6.07, 6.45) is 0.993. The second kappa shape index (κ2) is 5.48. The molecule has 5 nitrogen and oxygen atoms in total. The minimum Gasteiger partial charge on any atom is -0.314 e. The number of benzene rings is 1. The molecule has 1 aliphatic rings. The molecule has 1 unspecified atom stereocenters. The molecule has 0 spiro atoms. The number of carbonyl (C=O) groups excluding carboxylic acids is 1. The normalized spacial score (nSPS) is 19.4. The van der Waals surface area contributed by atoms with E-state index in [-0.39, 0.29) is 12.1 Å². The van der Waals surface area contributed by atoms with Crippen LogP contribution in [0.25, 0.3) is 0 Å². The SMILES string of the molecule is O=C(NOC1CCNC1)Nc1ccccc1. The van der Waals surface area contributed by atoms with E-state index in [0.29, 0.717) is 0 Å². The number of carbonyl (C=O) groups is 1. The maximum atomic E-state index is 11.4. The van der Waals surface area contributed by atoms with Gasteiger partial charge in [0.1, 0.15) is 0 Å². The van der Waals surface area contributed by atoms with Crippen LogP contribution in [0, 0.1) is 0 Å². The van der Waals surface area contributed by atoms with Gasteiger partial charge in [-0.15, -0.1) is 0 Å². The summed E-state index contributed by atoms with van der Waals surface area (Å²) in [5.74, 6) is 0. The number of para-hydroxylation sites is 1. The highest BCUT2D eigenvalue weighted by atomic mass is 16.7. The number of hydrogen-bond donors (Lipinski definition) is 3. The molecule has 1 saturated heterocycles. The third kappa shape index (κ3) is 3.22. The molecule has 1 heterocycles.